The number of hydrogen-bond donors (Lipinski definition) is 2. The highest BCUT2D eigenvalue weighted by Crippen LogP contribution is 2.37. The van der Waals surface area contributed by atoms with Gasteiger partial charge >= 0.3 is 0 Å². The van der Waals surface area contributed by atoms with Crippen LogP contribution in [0.25, 0.3) is 0 Å². The van der Waals surface area contributed by atoms with Gasteiger partial charge in [-0.25, -0.2) is 9.97 Å². The number of benzene rings is 1. The summed E-state index contributed by atoms with van der Waals surface area (Å²) in [6, 6.07) is 11.3. The van der Waals surface area contributed by atoms with Crippen molar-refractivity contribution in [1.82, 2.24) is 15.3 Å². The van der Waals surface area contributed by atoms with Crippen LogP contribution in [0.5, 0.6) is 0 Å². The highest BCUT2D eigenvalue weighted by atomic mass is 32.2. The molecule has 0 bridgehead atoms. The first kappa shape index (κ1) is 25.8. The van der Waals surface area contributed by atoms with E-state index in [0.29, 0.717) is 23.7 Å². The first-order chi connectivity index (χ1) is 16.3. The topological polar surface area (TPSA) is 76.9 Å². The molecule has 0 radical (unpaired) electrons. The molecule has 1 aromatic carbocycles. The first-order valence-electron chi connectivity index (χ1n) is 11.9. The number of hydrogen-bond acceptors (Lipinski definition) is 7. The Bertz CT molecular complexity index is 1050. The summed E-state index contributed by atoms with van der Waals surface area (Å²) in [5.41, 5.74) is 3.93. The predicted octanol–water partition coefficient (Wildman–Crippen LogP) is 6.21. The number of allylic oxidation sites excluding steroid dienone is 3. The van der Waals surface area contributed by atoms with Crippen molar-refractivity contribution in [3.63, 3.8) is 0 Å². The minimum atomic E-state index is 0.338. The highest BCUT2D eigenvalue weighted by molar-refractivity contribution is 8.03. The SMILES string of the molecule is C=C(C)Sc1ncnc(N(C)C2CCC(NCc3ccc(N/C(C#N)=C\C)cc3)C2)c1C(C)C. The largest absolute Gasteiger partial charge is 0.356 e. The lowest BCUT2D eigenvalue weighted by Gasteiger charge is -2.29. The lowest BCUT2D eigenvalue weighted by molar-refractivity contribution is 0.512. The minimum absolute atomic E-state index is 0.338. The summed E-state index contributed by atoms with van der Waals surface area (Å²) in [7, 11) is 2.17. The molecule has 1 heterocycles. The van der Waals surface area contributed by atoms with E-state index in [1.165, 1.54) is 11.1 Å². The second-order valence-corrected chi connectivity index (χ2v) is 10.5. The number of aromatic nitrogens is 2. The third-order valence-corrected chi connectivity index (χ3v) is 7.07. The molecular weight excluding hydrogens is 440 g/mol. The maximum atomic E-state index is 9.07. The molecule has 0 spiro atoms. The fourth-order valence-corrected chi connectivity index (χ4v) is 5.23. The van der Waals surface area contributed by atoms with Gasteiger partial charge in [-0.05, 0) is 61.6 Å². The third kappa shape index (κ3) is 6.62. The monoisotopic (exact) mass is 476 g/mol. The van der Waals surface area contributed by atoms with Crippen LogP contribution in [0.15, 0.2) is 58.9 Å². The molecule has 2 atom stereocenters. The Labute approximate surface area is 208 Å². The van der Waals surface area contributed by atoms with E-state index < -0.39 is 0 Å². The van der Waals surface area contributed by atoms with Gasteiger partial charge in [0.25, 0.3) is 0 Å². The molecule has 2 aromatic rings. The van der Waals surface area contributed by atoms with Crippen molar-refractivity contribution in [3.05, 3.63) is 65.0 Å². The average molecular weight is 477 g/mol. The summed E-state index contributed by atoms with van der Waals surface area (Å²) in [5, 5.41) is 16.9. The van der Waals surface area contributed by atoms with Crippen molar-refractivity contribution >= 4 is 23.3 Å². The Morgan fingerprint density at radius 1 is 1.29 bits per heavy atom. The highest BCUT2D eigenvalue weighted by Gasteiger charge is 2.30. The fraction of sp³-hybridized carbons (Fsp3) is 0.444. The van der Waals surface area contributed by atoms with Gasteiger partial charge in [-0.1, -0.05) is 50.4 Å². The van der Waals surface area contributed by atoms with Crippen molar-refractivity contribution in [2.45, 2.75) is 76.5 Å². The van der Waals surface area contributed by atoms with Gasteiger partial charge in [0.05, 0.1) is 0 Å². The number of nitrogens with one attached hydrogen (secondary N) is 2. The van der Waals surface area contributed by atoms with Crippen molar-refractivity contribution in [1.29, 1.82) is 5.26 Å². The van der Waals surface area contributed by atoms with Crippen molar-refractivity contribution in [3.8, 4) is 6.07 Å². The normalized spacial score (nSPS) is 18.1. The summed E-state index contributed by atoms with van der Waals surface area (Å²) >= 11 is 1.63. The van der Waals surface area contributed by atoms with E-state index in [4.69, 9.17) is 10.2 Å². The second kappa shape index (κ2) is 12.0. The quantitative estimate of drug-likeness (QED) is 0.240. The summed E-state index contributed by atoms with van der Waals surface area (Å²) in [6.07, 6.45) is 6.84. The maximum Gasteiger partial charge on any atom is 0.136 e. The predicted molar refractivity (Wildman–Crippen MR) is 143 cm³/mol. The van der Waals surface area contributed by atoms with Crippen LogP contribution in [0, 0.1) is 11.3 Å². The van der Waals surface area contributed by atoms with Gasteiger partial charge in [-0.15, -0.1) is 0 Å². The van der Waals surface area contributed by atoms with Crippen LogP contribution in [0.4, 0.5) is 11.5 Å². The Kier molecular flexibility index (Phi) is 9.14. The first-order valence-corrected chi connectivity index (χ1v) is 12.7. The molecular formula is C27H36N6S. The zero-order valence-electron chi connectivity index (χ0n) is 20.9. The molecule has 34 heavy (non-hydrogen) atoms. The molecule has 0 saturated heterocycles. The number of thioether (sulfide) groups is 1. The molecule has 3 rings (SSSR count). The second-order valence-electron chi connectivity index (χ2n) is 9.17. The van der Waals surface area contributed by atoms with E-state index in [2.05, 4.69) is 66.2 Å². The number of rotatable bonds is 10. The number of nitrogens with zero attached hydrogens (tertiary/aromatic N) is 4. The smallest absolute Gasteiger partial charge is 0.136 e. The standard InChI is InChI=1S/C27H36N6S/c1-7-21(15-28)32-22-10-8-20(9-11-22)16-29-23-12-13-24(14-23)33(6)26-25(18(2)3)27(31-17-30-26)34-19(4)5/h7-11,17-18,23-24,29,32H,4,12-14,16H2,1-3,5-6H3/b21-7-. The summed E-state index contributed by atoms with van der Waals surface area (Å²) in [4.78, 5) is 12.6. The van der Waals surface area contributed by atoms with Crippen molar-refractivity contribution in [2.24, 2.45) is 0 Å². The van der Waals surface area contributed by atoms with Crippen LogP contribution in [0.3, 0.4) is 0 Å². The summed E-state index contributed by atoms with van der Waals surface area (Å²) in [5.74, 6) is 1.38. The van der Waals surface area contributed by atoms with Gasteiger partial charge in [0.1, 0.15) is 28.9 Å². The third-order valence-electron chi connectivity index (χ3n) is 6.20. The number of anilines is 2. The average Bonchev–Trinajstić information content (AvgIpc) is 3.30. The zero-order valence-corrected chi connectivity index (χ0v) is 21.7. The molecule has 2 N–H and O–H groups in total. The van der Waals surface area contributed by atoms with Crippen LogP contribution in [0.2, 0.25) is 0 Å². The molecule has 2 unspecified atom stereocenters. The van der Waals surface area contributed by atoms with Gasteiger partial charge in [-0.2, -0.15) is 5.26 Å². The van der Waals surface area contributed by atoms with Crippen LogP contribution >= 0.6 is 11.8 Å². The molecule has 1 aliphatic rings. The lowest BCUT2D eigenvalue weighted by atomic mass is 10.0. The summed E-state index contributed by atoms with van der Waals surface area (Å²) < 4.78 is 0. The van der Waals surface area contributed by atoms with Crippen LogP contribution in [0.1, 0.15) is 64.0 Å². The molecule has 180 valence electrons. The molecule has 1 aromatic heterocycles. The molecule has 1 saturated carbocycles. The van der Waals surface area contributed by atoms with Crippen LogP contribution in [-0.2, 0) is 6.54 Å². The molecule has 6 nitrogen and oxygen atoms in total. The Morgan fingerprint density at radius 2 is 2.03 bits per heavy atom. The van der Waals surface area contributed by atoms with E-state index in [0.717, 1.165) is 47.2 Å². The minimum Gasteiger partial charge on any atom is -0.356 e. The lowest BCUT2D eigenvalue weighted by Crippen LogP contribution is -2.34. The molecule has 7 heteroatoms. The maximum absolute atomic E-state index is 9.07. The van der Waals surface area contributed by atoms with E-state index in [1.807, 2.05) is 26.0 Å². The Balaban J connectivity index is 1.60. The zero-order chi connectivity index (χ0) is 24.7. The molecule has 1 aliphatic carbocycles. The van der Waals surface area contributed by atoms with E-state index in [9.17, 15) is 0 Å². The van der Waals surface area contributed by atoms with Crippen molar-refractivity contribution < 1.29 is 0 Å². The Hall–Kier alpha value is -2.82. The summed E-state index contributed by atoms with van der Waals surface area (Å²) in [6.45, 7) is 13.2. The van der Waals surface area contributed by atoms with E-state index in [-0.39, 0.29) is 0 Å². The van der Waals surface area contributed by atoms with Crippen LogP contribution in [-0.4, -0.2) is 29.1 Å². The van der Waals surface area contributed by atoms with Gasteiger partial charge in [0.2, 0.25) is 0 Å². The Morgan fingerprint density at radius 3 is 2.65 bits per heavy atom. The number of nitriles is 1. The van der Waals surface area contributed by atoms with Gasteiger partial charge in [-0.3, -0.25) is 0 Å². The molecule has 0 amide bonds. The van der Waals surface area contributed by atoms with Crippen LogP contribution < -0.4 is 15.5 Å². The van der Waals surface area contributed by atoms with E-state index >= 15 is 0 Å². The fourth-order valence-electron chi connectivity index (χ4n) is 4.36. The van der Waals surface area contributed by atoms with Gasteiger partial charge < -0.3 is 15.5 Å². The molecule has 1 fully saturated rings. The van der Waals surface area contributed by atoms with Crippen molar-refractivity contribution in [2.75, 3.05) is 17.3 Å². The molecule has 0 aliphatic heterocycles. The van der Waals surface area contributed by atoms with Gasteiger partial charge in [0, 0.05) is 36.9 Å². The van der Waals surface area contributed by atoms with Gasteiger partial charge in [0.15, 0.2) is 0 Å². The van der Waals surface area contributed by atoms with E-state index in [1.54, 1.807) is 24.2 Å².